The molecule has 0 atom stereocenters. The van der Waals surface area contributed by atoms with Gasteiger partial charge in [0.05, 0.1) is 16.2 Å². The maximum atomic E-state index is 12.4. The third-order valence-electron chi connectivity index (χ3n) is 3.85. The predicted octanol–water partition coefficient (Wildman–Crippen LogP) is 3.59. The van der Waals surface area contributed by atoms with E-state index >= 15 is 0 Å². The van der Waals surface area contributed by atoms with E-state index in [4.69, 9.17) is 21.7 Å². The van der Waals surface area contributed by atoms with Gasteiger partial charge in [-0.1, -0.05) is 24.0 Å². The molecule has 144 valence electrons. The Labute approximate surface area is 169 Å². The van der Waals surface area contributed by atoms with Crippen LogP contribution in [0.1, 0.15) is 12.2 Å². The van der Waals surface area contributed by atoms with Crippen molar-refractivity contribution < 1.29 is 28.9 Å². The zero-order valence-corrected chi connectivity index (χ0v) is 16.3. The molecule has 0 radical (unpaired) electrons. The minimum Gasteiger partial charge on any atom is -0.481 e. The smallest absolute Gasteiger partial charge is 0.316 e. The Balaban J connectivity index is 1.75. The molecule has 8 nitrogen and oxygen atoms in total. The van der Waals surface area contributed by atoms with E-state index in [1.54, 1.807) is 42.5 Å². The highest BCUT2D eigenvalue weighted by Gasteiger charge is 2.32. The third-order valence-corrected chi connectivity index (χ3v) is 5.23. The average molecular weight is 419 g/mol. The molecule has 1 N–H and O–H groups in total. The molecule has 1 aromatic carbocycles. The molecule has 0 aliphatic carbocycles. The average Bonchev–Trinajstić information content (AvgIpc) is 3.25. The fraction of sp³-hybridized carbons (Fsp3) is 0.167. The van der Waals surface area contributed by atoms with Crippen molar-refractivity contribution in [3.63, 3.8) is 0 Å². The van der Waals surface area contributed by atoms with Crippen LogP contribution >= 0.6 is 24.0 Å². The topological polar surface area (TPSA) is 100 Å². The summed E-state index contributed by atoms with van der Waals surface area (Å²) in [5.74, 6) is -0.312. The first kappa shape index (κ1) is 19.8. The van der Waals surface area contributed by atoms with E-state index in [1.807, 2.05) is 0 Å². The fourth-order valence-corrected chi connectivity index (χ4v) is 3.76. The molecule has 1 saturated heterocycles. The van der Waals surface area contributed by atoms with Crippen LogP contribution in [0.2, 0.25) is 0 Å². The van der Waals surface area contributed by atoms with E-state index in [-0.39, 0.29) is 18.9 Å². The molecule has 3 rings (SSSR count). The molecule has 1 aliphatic heterocycles. The van der Waals surface area contributed by atoms with Crippen LogP contribution in [0.4, 0.5) is 5.69 Å². The van der Waals surface area contributed by atoms with E-state index in [1.165, 1.54) is 12.0 Å². The van der Waals surface area contributed by atoms with E-state index in [0.29, 0.717) is 31.4 Å². The van der Waals surface area contributed by atoms with Gasteiger partial charge in [-0.3, -0.25) is 14.5 Å². The number of thiocarbonyl (C=S) groups is 1. The van der Waals surface area contributed by atoms with Crippen molar-refractivity contribution in [2.24, 2.45) is 0 Å². The van der Waals surface area contributed by atoms with Crippen molar-refractivity contribution in [1.29, 1.82) is 0 Å². The third kappa shape index (κ3) is 4.29. The Kier molecular flexibility index (Phi) is 5.90. The van der Waals surface area contributed by atoms with Gasteiger partial charge in [-0.2, -0.15) is 0 Å². The van der Waals surface area contributed by atoms with Gasteiger partial charge in [0.15, 0.2) is 7.11 Å². The van der Waals surface area contributed by atoms with Crippen molar-refractivity contribution in [2.45, 2.75) is 6.42 Å². The number of carbonyl (C=O) groups is 2. The molecule has 28 heavy (non-hydrogen) atoms. The molecular weight excluding hydrogens is 404 g/mol. The van der Waals surface area contributed by atoms with Crippen molar-refractivity contribution in [3.8, 4) is 11.3 Å². The molecule has 10 heteroatoms. The molecule has 0 unspecified atom stereocenters. The lowest BCUT2D eigenvalue weighted by Crippen LogP contribution is -2.30. The summed E-state index contributed by atoms with van der Waals surface area (Å²) in [6, 6.07) is 10.1. The van der Waals surface area contributed by atoms with Crippen molar-refractivity contribution in [3.05, 3.63) is 52.0 Å². The van der Waals surface area contributed by atoms with Gasteiger partial charge in [0.25, 0.3) is 10.8 Å². The number of carboxylic acid groups (broad SMARTS) is 1. The number of hydrogen-bond donors (Lipinski definition) is 1. The fourth-order valence-electron chi connectivity index (χ4n) is 2.47. The van der Waals surface area contributed by atoms with Gasteiger partial charge in [-0.25, -0.2) is 4.84 Å². The maximum absolute atomic E-state index is 12.4. The van der Waals surface area contributed by atoms with E-state index in [2.05, 4.69) is 4.84 Å². The Morgan fingerprint density at radius 3 is 2.68 bits per heavy atom. The Morgan fingerprint density at radius 2 is 2.04 bits per heavy atom. The van der Waals surface area contributed by atoms with Crippen LogP contribution < -0.4 is 0 Å². The Bertz CT molecular complexity index is 980. The van der Waals surface area contributed by atoms with Gasteiger partial charge < -0.3 is 9.52 Å². The van der Waals surface area contributed by atoms with Gasteiger partial charge in [-0.15, -0.1) is 0 Å². The van der Waals surface area contributed by atoms with Gasteiger partial charge in [-0.05, 0) is 24.3 Å². The van der Waals surface area contributed by atoms with Crippen molar-refractivity contribution >= 4 is 51.9 Å². The number of carboxylic acids is 1. The van der Waals surface area contributed by atoms with Gasteiger partial charge in [0.1, 0.15) is 15.8 Å². The zero-order chi connectivity index (χ0) is 20.3. The summed E-state index contributed by atoms with van der Waals surface area (Å²) in [7, 11) is 1.28. The van der Waals surface area contributed by atoms with Crippen LogP contribution in [0.5, 0.6) is 0 Å². The number of furan rings is 1. The van der Waals surface area contributed by atoms with Crippen LogP contribution in [0, 0.1) is 4.91 Å². The highest BCUT2D eigenvalue weighted by Crippen LogP contribution is 2.33. The summed E-state index contributed by atoms with van der Waals surface area (Å²) in [5.41, 5.74) is 1.10. The standard InChI is InChI=1S/C18H14N2O6S2/c1-25-20(24)12-4-2-11(3-5-12)14-7-6-13(26-14)10-15-17(23)19(18(27)28-15)9-8-16(21)22/h2-7,10H,8-9H2,1H3/p+1/b15-10-. The molecule has 1 aliphatic rings. The zero-order valence-electron chi connectivity index (χ0n) is 14.7. The largest absolute Gasteiger partial charge is 0.481 e. The van der Waals surface area contributed by atoms with Crippen LogP contribution in [-0.2, 0) is 14.4 Å². The maximum Gasteiger partial charge on any atom is 0.316 e. The molecule has 1 fully saturated rings. The number of hydrogen-bond acceptors (Lipinski definition) is 7. The number of benzene rings is 1. The Hall–Kier alpha value is -2.98. The molecule has 0 bridgehead atoms. The van der Waals surface area contributed by atoms with Gasteiger partial charge in [0.2, 0.25) is 0 Å². The van der Waals surface area contributed by atoms with Gasteiger partial charge >= 0.3 is 11.7 Å². The van der Waals surface area contributed by atoms with E-state index in [9.17, 15) is 14.5 Å². The molecule has 1 amide bonds. The van der Waals surface area contributed by atoms with Crippen LogP contribution in [0.15, 0.2) is 45.7 Å². The normalized spacial score (nSPS) is 15.3. The predicted molar refractivity (Wildman–Crippen MR) is 107 cm³/mol. The lowest BCUT2D eigenvalue weighted by Gasteiger charge is -2.12. The molecular formula is C18H15N2O6S2+. The lowest BCUT2D eigenvalue weighted by atomic mass is 10.1. The molecule has 1 aromatic heterocycles. The first-order valence-electron chi connectivity index (χ1n) is 8.08. The molecule has 2 heterocycles. The summed E-state index contributed by atoms with van der Waals surface area (Å²) in [6.07, 6.45) is 1.40. The summed E-state index contributed by atoms with van der Waals surface area (Å²) in [6.45, 7) is 0.0330. The minimum absolute atomic E-state index is 0.0330. The van der Waals surface area contributed by atoms with Crippen molar-refractivity contribution in [1.82, 2.24) is 4.90 Å². The lowest BCUT2D eigenvalue weighted by molar-refractivity contribution is -0.736. The number of rotatable bonds is 7. The molecule has 0 saturated carbocycles. The first-order chi connectivity index (χ1) is 13.4. The van der Waals surface area contributed by atoms with Crippen LogP contribution in [0.25, 0.3) is 17.4 Å². The summed E-state index contributed by atoms with van der Waals surface area (Å²) < 4.78 is 6.07. The van der Waals surface area contributed by atoms with Crippen LogP contribution in [0.3, 0.4) is 0 Å². The number of nitrogens with zero attached hydrogens (tertiary/aromatic N) is 2. The van der Waals surface area contributed by atoms with Crippen LogP contribution in [-0.4, -0.2) is 44.8 Å². The number of aliphatic carboxylic acids is 1. The number of thioether (sulfide) groups is 1. The van der Waals surface area contributed by atoms with Crippen molar-refractivity contribution in [2.75, 3.05) is 13.7 Å². The minimum atomic E-state index is -0.995. The second kappa shape index (κ2) is 8.36. The Morgan fingerprint density at radius 1 is 1.32 bits per heavy atom. The monoisotopic (exact) mass is 419 g/mol. The quantitative estimate of drug-likeness (QED) is 0.413. The first-order valence-corrected chi connectivity index (χ1v) is 9.30. The second-order valence-electron chi connectivity index (χ2n) is 5.67. The summed E-state index contributed by atoms with van der Waals surface area (Å²) >= 11 is 6.25. The highest BCUT2D eigenvalue weighted by atomic mass is 32.2. The highest BCUT2D eigenvalue weighted by molar-refractivity contribution is 8.26. The second-order valence-corrected chi connectivity index (χ2v) is 7.34. The number of carbonyl (C=O) groups excluding carboxylic acids is 1. The summed E-state index contributed by atoms with van der Waals surface area (Å²) in [5, 5.41) is 8.78. The van der Waals surface area contributed by atoms with E-state index < -0.39 is 5.97 Å². The van der Waals surface area contributed by atoms with Gasteiger partial charge in [0, 0.05) is 30.3 Å². The summed E-state index contributed by atoms with van der Waals surface area (Å²) in [4.78, 5) is 41.1. The molecule has 0 spiro atoms. The molecule has 2 aromatic rings. The SMILES string of the molecule is CO[N+](=O)c1ccc(-c2ccc(/C=C3\SC(=S)N(CCC(=O)O)C3=O)o2)cc1. The number of amides is 1. The van der Waals surface area contributed by atoms with E-state index in [0.717, 1.165) is 17.3 Å².